The zero-order chi connectivity index (χ0) is 16.9. The number of nitrogens with one attached hydrogen (secondary N) is 2. The molecule has 1 amide bonds. The smallest absolute Gasteiger partial charge is 0.250 e. The summed E-state index contributed by atoms with van der Waals surface area (Å²) in [6.07, 6.45) is 0. The fourth-order valence-corrected chi connectivity index (χ4v) is 2.61. The quantitative estimate of drug-likeness (QED) is 0.582. The standard InChI is InChI=1S/C19H18N2O3/c22-12-19(24)21-15-6-3-5-14(10-15)20-11-17-16-7-2-1-4-13(16)8-9-18(17)23/h1-10,20,22-23H,11-12H2,(H,21,24). The van der Waals surface area contributed by atoms with Gasteiger partial charge in [-0.05, 0) is 35.0 Å². The second kappa shape index (κ2) is 7.02. The molecule has 5 heteroatoms. The van der Waals surface area contributed by atoms with Gasteiger partial charge in [0.2, 0.25) is 5.91 Å². The Morgan fingerprint density at radius 2 is 1.75 bits per heavy atom. The van der Waals surface area contributed by atoms with Crippen LogP contribution in [0.5, 0.6) is 5.75 Å². The molecule has 0 fully saturated rings. The van der Waals surface area contributed by atoms with Crippen LogP contribution in [0.2, 0.25) is 0 Å². The number of benzene rings is 3. The third kappa shape index (κ3) is 3.47. The summed E-state index contributed by atoms with van der Waals surface area (Å²) < 4.78 is 0. The molecule has 0 heterocycles. The minimum absolute atomic E-state index is 0.242. The van der Waals surface area contributed by atoms with Gasteiger partial charge in [0.05, 0.1) is 0 Å². The highest BCUT2D eigenvalue weighted by atomic mass is 16.3. The molecule has 24 heavy (non-hydrogen) atoms. The average molecular weight is 322 g/mol. The molecule has 4 N–H and O–H groups in total. The fraction of sp³-hybridized carbons (Fsp3) is 0.105. The number of carbonyl (C=O) groups is 1. The van der Waals surface area contributed by atoms with Crippen molar-refractivity contribution in [2.75, 3.05) is 17.2 Å². The van der Waals surface area contributed by atoms with E-state index in [1.54, 1.807) is 24.3 Å². The van der Waals surface area contributed by atoms with Gasteiger partial charge in [0.1, 0.15) is 12.4 Å². The number of hydrogen-bond donors (Lipinski definition) is 4. The Morgan fingerprint density at radius 3 is 2.58 bits per heavy atom. The number of carbonyl (C=O) groups excluding carboxylic acids is 1. The van der Waals surface area contributed by atoms with Crippen LogP contribution in [0.3, 0.4) is 0 Å². The number of phenolic OH excluding ortho intramolecular Hbond substituents is 1. The largest absolute Gasteiger partial charge is 0.508 e. The molecule has 0 unspecified atom stereocenters. The molecule has 0 aromatic heterocycles. The van der Waals surface area contributed by atoms with Crippen molar-refractivity contribution in [2.24, 2.45) is 0 Å². The monoisotopic (exact) mass is 322 g/mol. The SMILES string of the molecule is O=C(CO)Nc1cccc(NCc2c(O)ccc3ccccc23)c1. The summed E-state index contributed by atoms with van der Waals surface area (Å²) in [5.74, 6) is -0.218. The molecule has 0 aliphatic rings. The van der Waals surface area contributed by atoms with Crippen LogP contribution in [0.15, 0.2) is 60.7 Å². The molecule has 0 radical (unpaired) electrons. The molecule has 0 aliphatic heterocycles. The number of anilines is 2. The Balaban J connectivity index is 1.80. The summed E-state index contributed by atoms with van der Waals surface area (Å²) in [6, 6.07) is 18.7. The van der Waals surface area contributed by atoms with Gasteiger partial charge < -0.3 is 20.8 Å². The molecule has 0 spiro atoms. The lowest BCUT2D eigenvalue weighted by atomic mass is 10.0. The second-order valence-corrected chi connectivity index (χ2v) is 5.43. The van der Waals surface area contributed by atoms with Gasteiger partial charge in [0.15, 0.2) is 0 Å². The molecule has 3 rings (SSSR count). The van der Waals surface area contributed by atoms with Gasteiger partial charge in [-0.1, -0.05) is 36.4 Å². The Labute approximate surface area is 139 Å². The summed E-state index contributed by atoms with van der Waals surface area (Å²) in [7, 11) is 0. The number of aliphatic hydroxyl groups is 1. The Kier molecular flexibility index (Phi) is 4.63. The van der Waals surface area contributed by atoms with Crippen molar-refractivity contribution >= 4 is 28.1 Å². The molecule has 3 aromatic carbocycles. The van der Waals surface area contributed by atoms with E-state index < -0.39 is 12.5 Å². The molecule has 0 bridgehead atoms. The highest BCUT2D eigenvalue weighted by molar-refractivity contribution is 5.92. The molecule has 0 saturated carbocycles. The number of amides is 1. The van der Waals surface area contributed by atoms with Crippen molar-refractivity contribution in [3.05, 3.63) is 66.2 Å². The van der Waals surface area contributed by atoms with Crippen LogP contribution in [-0.2, 0) is 11.3 Å². The summed E-state index contributed by atoms with van der Waals surface area (Å²) in [4.78, 5) is 11.2. The van der Waals surface area contributed by atoms with Crippen LogP contribution in [0, 0.1) is 0 Å². The van der Waals surface area contributed by atoms with Crippen molar-refractivity contribution in [2.45, 2.75) is 6.54 Å². The maximum atomic E-state index is 11.2. The highest BCUT2D eigenvalue weighted by Gasteiger charge is 2.07. The van der Waals surface area contributed by atoms with E-state index in [9.17, 15) is 9.90 Å². The maximum Gasteiger partial charge on any atom is 0.250 e. The first-order valence-corrected chi connectivity index (χ1v) is 7.61. The lowest BCUT2D eigenvalue weighted by Crippen LogP contribution is -2.15. The van der Waals surface area contributed by atoms with Gasteiger partial charge >= 0.3 is 0 Å². The van der Waals surface area contributed by atoms with E-state index in [0.717, 1.165) is 22.0 Å². The van der Waals surface area contributed by atoms with Gasteiger partial charge in [-0.3, -0.25) is 4.79 Å². The van der Waals surface area contributed by atoms with Crippen molar-refractivity contribution in [3.8, 4) is 5.75 Å². The minimum Gasteiger partial charge on any atom is -0.508 e. The lowest BCUT2D eigenvalue weighted by molar-refractivity contribution is -0.118. The van der Waals surface area contributed by atoms with Crippen LogP contribution >= 0.6 is 0 Å². The van der Waals surface area contributed by atoms with Crippen molar-refractivity contribution < 1.29 is 15.0 Å². The molecule has 0 saturated heterocycles. The summed E-state index contributed by atoms with van der Waals surface area (Å²) in [5.41, 5.74) is 2.22. The van der Waals surface area contributed by atoms with E-state index in [-0.39, 0.29) is 5.75 Å². The number of rotatable bonds is 5. The number of aromatic hydroxyl groups is 1. The maximum absolute atomic E-state index is 11.2. The van der Waals surface area contributed by atoms with E-state index in [1.165, 1.54) is 0 Å². The van der Waals surface area contributed by atoms with Crippen LogP contribution in [0.4, 0.5) is 11.4 Å². The van der Waals surface area contributed by atoms with Gasteiger partial charge in [-0.25, -0.2) is 0 Å². The van der Waals surface area contributed by atoms with Crippen molar-refractivity contribution in [1.82, 2.24) is 0 Å². The van der Waals surface area contributed by atoms with Crippen molar-refractivity contribution in [1.29, 1.82) is 0 Å². The van der Waals surface area contributed by atoms with Crippen LogP contribution in [0.1, 0.15) is 5.56 Å². The normalized spacial score (nSPS) is 10.5. The van der Waals surface area contributed by atoms with Gasteiger partial charge in [0.25, 0.3) is 0 Å². The van der Waals surface area contributed by atoms with E-state index in [0.29, 0.717) is 12.2 Å². The first-order valence-electron chi connectivity index (χ1n) is 7.61. The van der Waals surface area contributed by atoms with Gasteiger partial charge in [-0.2, -0.15) is 0 Å². The van der Waals surface area contributed by atoms with Crippen LogP contribution < -0.4 is 10.6 Å². The number of phenols is 1. The third-order valence-corrected chi connectivity index (χ3v) is 3.78. The number of hydrogen-bond acceptors (Lipinski definition) is 4. The van der Waals surface area contributed by atoms with Crippen LogP contribution in [0.25, 0.3) is 10.8 Å². The third-order valence-electron chi connectivity index (χ3n) is 3.78. The fourth-order valence-electron chi connectivity index (χ4n) is 2.61. The van der Waals surface area contributed by atoms with E-state index in [2.05, 4.69) is 10.6 Å². The molecule has 122 valence electrons. The number of fused-ring (bicyclic) bond motifs is 1. The molecular formula is C19H18N2O3. The predicted molar refractivity (Wildman–Crippen MR) is 95.1 cm³/mol. The molecule has 0 atom stereocenters. The number of aliphatic hydroxyl groups excluding tert-OH is 1. The Hall–Kier alpha value is -3.05. The van der Waals surface area contributed by atoms with Gasteiger partial charge in [-0.15, -0.1) is 0 Å². The molecule has 0 aliphatic carbocycles. The molecule has 3 aromatic rings. The first-order chi connectivity index (χ1) is 11.7. The van der Waals surface area contributed by atoms with E-state index in [4.69, 9.17) is 5.11 Å². The topological polar surface area (TPSA) is 81.6 Å². The second-order valence-electron chi connectivity index (χ2n) is 5.43. The van der Waals surface area contributed by atoms with Crippen LogP contribution in [-0.4, -0.2) is 22.7 Å². The average Bonchev–Trinajstić information content (AvgIpc) is 2.61. The summed E-state index contributed by atoms with van der Waals surface area (Å²) >= 11 is 0. The first kappa shape index (κ1) is 15.8. The molecule has 5 nitrogen and oxygen atoms in total. The molecular weight excluding hydrogens is 304 g/mol. The zero-order valence-electron chi connectivity index (χ0n) is 13.0. The van der Waals surface area contributed by atoms with Crippen molar-refractivity contribution in [3.63, 3.8) is 0 Å². The Morgan fingerprint density at radius 1 is 0.958 bits per heavy atom. The lowest BCUT2D eigenvalue weighted by Gasteiger charge is -2.12. The minimum atomic E-state index is -0.554. The predicted octanol–water partition coefficient (Wildman–Crippen LogP) is 3.09. The zero-order valence-corrected chi connectivity index (χ0v) is 13.0. The van der Waals surface area contributed by atoms with Gasteiger partial charge in [0, 0.05) is 23.5 Å². The summed E-state index contributed by atoms with van der Waals surface area (Å²) in [6.45, 7) is -0.105. The van der Waals surface area contributed by atoms with E-state index >= 15 is 0 Å². The highest BCUT2D eigenvalue weighted by Crippen LogP contribution is 2.28. The van der Waals surface area contributed by atoms with E-state index in [1.807, 2.05) is 36.4 Å². The Bertz CT molecular complexity index is 877. The summed E-state index contributed by atoms with van der Waals surface area (Å²) in [5, 5.41) is 26.9.